The van der Waals surface area contributed by atoms with Crippen LogP contribution in [0.25, 0.3) is 0 Å². The van der Waals surface area contributed by atoms with E-state index in [0.717, 1.165) is 21.8 Å². The van der Waals surface area contributed by atoms with Crippen molar-refractivity contribution in [3.05, 3.63) is 51.7 Å². The third-order valence-corrected chi connectivity index (χ3v) is 3.94. The number of nitrogens with one attached hydrogen (secondary N) is 1. The van der Waals surface area contributed by atoms with Gasteiger partial charge < -0.3 is 9.84 Å². The first-order valence-corrected chi connectivity index (χ1v) is 7.13. The number of carboxylic acid groups (broad SMARTS) is 1. The van der Waals surface area contributed by atoms with E-state index in [-0.39, 0.29) is 0 Å². The summed E-state index contributed by atoms with van der Waals surface area (Å²) in [6.45, 7) is 2.44. The number of hydrogen-bond donors (Lipinski definition) is 2. The molecule has 0 amide bonds. The molecule has 1 aromatic heterocycles. The Balaban J connectivity index is 2.15. The van der Waals surface area contributed by atoms with Crippen molar-refractivity contribution < 1.29 is 14.6 Å². The van der Waals surface area contributed by atoms with Crippen molar-refractivity contribution in [1.29, 1.82) is 0 Å². The van der Waals surface area contributed by atoms with Gasteiger partial charge in [0.25, 0.3) is 0 Å². The number of carboxylic acids is 1. The Morgan fingerprint density at radius 2 is 2.25 bits per heavy atom. The average molecular weight is 291 g/mol. The molecule has 2 rings (SSSR count). The Morgan fingerprint density at radius 3 is 2.80 bits per heavy atom. The lowest BCUT2D eigenvalue weighted by atomic mass is 10.0. The van der Waals surface area contributed by atoms with Gasteiger partial charge in [0.15, 0.2) is 0 Å². The highest BCUT2D eigenvalue weighted by Gasteiger charge is 2.20. The number of aryl methyl sites for hydroxylation is 1. The van der Waals surface area contributed by atoms with Crippen molar-refractivity contribution >= 4 is 17.3 Å². The Kier molecular flexibility index (Phi) is 4.76. The molecule has 1 atom stereocenters. The highest BCUT2D eigenvalue weighted by Crippen LogP contribution is 2.23. The van der Waals surface area contributed by atoms with Crippen LogP contribution in [0, 0.1) is 6.92 Å². The van der Waals surface area contributed by atoms with E-state index in [1.54, 1.807) is 30.6 Å². The number of ether oxygens (including phenoxy) is 1. The zero-order valence-corrected chi connectivity index (χ0v) is 12.2. The Bertz CT molecular complexity index is 581. The average Bonchev–Trinajstić information content (AvgIpc) is 2.92. The molecule has 0 bridgehead atoms. The fourth-order valence-electron chi connectivity index (χ4n) is 2.04. The number of aliphatic carboxylic acids is 1. The topological polar surface area (TPSA) is 58.6 Å². The molecule has 1 unspecified atom stereocenters. The van der Waals surface area contributed by atoms with Gasteiger partial charge in [-0.25, -0.2) is 0 Å². The zero-order chi connectivity index (χ0) is 14.5. The third kappa shape index (κ3) is 3.37. The van der Waals surface area contributed by atoms with Crippen LogP contribution >= 0.6 is 11.3 Å². The Labute approximate surface area is 122 Å². The summed E-state index contributed by atoms with van der Waals surface area (Å²) < 4.78 is 5.19. The van der Waals surface area contributed by atoms with Gasteiger partial charge in [-0.05, 0) is 35.6 Å². The molecule has 2 N–H and O–H groups in total. The van der Waals surface area contributed by atoms with Gasteiger partial charge in [-0.1, -0.05) is 18.2 Å². The van der Waals surface area contributed by atoms with Crippen LogP contribution in [0.15, 0.2) is 35.7 Å². The van der Waals surface area contributed by atoms with Gasteiger partial charge in [-0.2, -0.15) is 0 Å². The Morgan fingerprint density at radius 1 is 1.45 bits per heavy atom. The summed E-state index contributed by atoms with van der Waals surface area (Å²) in [5.41, 5.74) is 1.65. The molecule has 0 aliphatic rings. The fraction of sp³-hybridized carbons (Fsp3) is 0.267. The number of thiophene rings is 1. The molecule has 20 heavy (non-hydrogen) atoms. The predicted molar refractivity (Wildman–Crippen MR) is 79.3 cm³/mol. The smallest absolute Gasteiger partial charge is 0.325 e. The maximum Gasteiger partial charge on any atom is 0.325 e. The number of carbonyl (C=O) groups is 1. The SMILES string of the molecule is COc1ccc(C(NCc2cccs2)C(=O)O)cc1C. The van der Waals surface area contributed by atoms with E-state index in [9.17, 15) is 9.90 Å². The molecule has 106 valence electrons. The molecule has 2 aromatic rings. The quantitative estimate of drug-likeness (QED) is 0.859. The molecule has 1 heterocycles. The lowest BCUT2D eigenvalue weighted by Gasteiger charge is -2.16. The summed E-state index contributed by atoms with van der Waals surface area (Å²) in [6, 6.07) is 8.64. The molecule has 0 aliphatic heterocycles. The lowest BCUT2D eigenvalue weighted by molar-refractivity contribution is -0.139. The highest BCUT2D eigenvalue weighted by atomic mass is 32.1. The van der Waals surface area contributed by atoms with Gasteiger partial charge in [-0.15, -0.1) is 11.3 Å². The minimum atomic E-state index is -0.883. The van der Waals surface area contributed by atoms with Crippen molar-refractivity contribution in [1.82, 2.24) is 5.32 Å². The van der Waals surface area contributed by atoms with Crippen molar-refractivity contribution in [2.24, 2.45) is 0 Å². The van der Waals surface area contributed by atoms with E-state index in [1.807, 2.05) is 30.5 Å². The summed E-state index contributed by atoms with van der Waals surface area (Å²) in [5.74, 6) is -0.123. The molecule has 0 saturated heterocycles. The second-order valence-electron chi connectivity index (χ2n) is 4.46. The van der Waals surface area contributed by atoms with Crippen LogP contribution in [0.3, 0.4) is 0 Å². The van der Waals surface area contributed by atoms with Crippen LogP contribution in [0.4, 0.5) is 0 Å². The second-order valence-corrected chi connectivity index (χ2v) is 5.49. The van der Waals surface area contributed by atoms with E-state index >= 15 is 0 Å². The van der Waals surface area contributed by atoms with Gasteiger partial charge in [0, 0.05) is 11.4 Å². The minimum absolute atomic E-state index is 0.541. The van der Waals surface area contributed by atoms with E-state index in [4.69, 9.17) is 4.74 Å². The largest absolute Gasteiger partial charge is 0.496 e. The van der Waals surface area contributed by atoms with Crippen LogP contribution in [-0.2, 0) is 11.3 Å². The molecule has 0 aliphatic carbocycles. The summed E-state index contributed by atoms with van der Waals surface area (Å²) in [4.78, 5) is 12.5. The van der Waals surface area contributed by atoms with Crippen molar-refractivity contribution in [2.75, 3.05) is 7.11 Å². The van der Waals surface area contributed by atoms with Crippen LogP contribution < -0.4 is 10.1 Å². The van der Waals surface area contributed by atoms with Crippen LogP contribution in [-0.4, -0.2) is 18.2 Å². The number of benzene rings is 1. The molecular formula is C15H17NO3S. The van der Waals surface area contributed by atoms with E-state index in [1.165, 1.54) is 0 Å². The monoisotopic (exact) mass is 291 g/mol. The van der Waals surface area contributed by atoms with Crippen molar-refractivity contribution in [3.8, 4) is 5.75 Å². The molecule has 5 heteroatoms. The minimum Gasteiger partial charge on any atom is -0.496 e. The molecular weight excluding hydrogens is 274 g/mol. The van der Waals surface area contributed by atoms with Crippen LogP contribution in [0.5, 0.6) is 5.75 Å². The first kappa shape index (κ1) is 14.6. The van der Waals surface area contributed by atoms with E-state index in [0.29, 0.717) is 6.54 Å². The Hall–Kier alpha value is -1.85. The van der Waals surface area contributed by atoms with Gasteiger partial charge in [0.05, 0.1) is 7.11 Å². The molecule has 1 aromatic carbocycles. The standard InChI is InChI=1S/C15H17NO3S/c1-10-8-11(5-6-13(10)19-2)14(15(17)18)16-9-12-4-3-7-20-12/h3-8,14,16H,9H2,1-2H3,(H,17,18). The predicted octanol–water partition coefficient (Wildman–Crippen LogP) is 2.98. The van der Waals surface area contributed by atoms with Crippen LogP contribution in [0.2, 0.25) is 0 Å². The van der Waals surface area contributed by atoms with Gasteiger partial charge in [-0.3, -0.25) is 10.1 Å². The molecule has 0 radical (unpaired) electrons. The van der Waals surface area contributed by atoms with Gasteiger partial charge >= 0.3 is 5.97 Å². The van der Waals surface area contributed by atoms with Crippen molar-refractivity contribution in [2.45, 2.75) is 19.5 Å². The second kappa shape index (κ2) is 6.54. The number of methoxy groups -OCH3 is 1. The summed E-state index contributed by atoms with van der Waals surface area (Å²) in [5, 5.41) is 14.4. The van der Waals surface area contributed by atoms with Crippen LogP contribution in [0.1, 0.15) is 22.0 Å². The molecule has 0 fully saturated rings. The van der Waals surface area contributed by atoms with E-state index < -0.39 is 12.0 Å². The molecule has 0 saturated carbocycles. The summed E-state index contributed by atoms with van der Waals surface area (Å²) in [6.07, 6.45) is 0. The normalized spacial score (nSPS) is 12.1. The third-order valence-electron chi connectivity index (χ3n) is 3.06. The molecule has 4 nitrogen and oxygen atoms in total. The number of hydrogen-bond acceptors (Lipinski definition) is 4. The van der Waals surface area contributed by atoms with Crippen molar-refractivity contribution in [3.63, 3.8) is 0 Å². The maximum atomic E-state index is 11.4. The van der Waals surface area contributed by atoms with Gasteiger partial charge in [0.2, 0.25) is 0 Å². The first-order valence-electron chi connectivity index (χ1n) is 6.25. The maximum absolute atomic E-state index is 11.4. The zero-order valence-electron chi connectivity index (χ0n) is 11.4. The van der Waals surface area contributed by atoms with E-state index in [2.05, 4.69) is 5.32 Å². The molecule has 0 spiro atoms. The fourth-order valence-corrected chi connectivity index (χ4v) is 2.70. The first-order chi connectivity index (χ1) is 9.61. The van der Waals surface area contributed by atoms with Gasteiger partial charge in [0.1, 0.15) is 11.8 Å². The number of rotatable bonds is 6. The summed E-state index contributed by atoms with van der Waals surface area (Å²) >= 11 is 1.61. The lowest BCUT2D eigenvalue weighted by Crippen LogP contribution is -2.27. The highest BCUT2D eigenvalue weighted by molar-refractivity contribution is 7.09. The summed E-state index contributed by atoms with van der Waals surface area (Å²) in [7, 11) is 1.60.